The average Bonchev–Trinajstić information content (AvgIpc) is 2.91. The average molecular weight is 249 g/mol. The third kappa shape index (κ3) is 3.43. The molecule has 0 saturated carbocycles. The van der Waals surface area contributed by atoms with Gasteiger partial charge in [-0.1, -0.05) is 12.5 Å². The molecule has 2 rings (SSSR count). The van der Waals surface area contributed by atoms with E-state index >= 15 is 0 Å². The normalized spacial score (nSPS) is 22.8. The van der Waals surface area contributed by atoms with Crippen LogP contribution in [0.5, 0.6) is 0 Å². The number of aromatic nitrogens is 2. The van der Waals surface area contributed by atoms with Gasteiger partial charge in [0.15, 0.2) is 0 Å². The maximum absolute atomic E-state index is 10.0. The van der Waals surface area contributed by atoms with Crippen molar-refractivity contribution in [2.75, 3.05) is 13.1 Å². The molecule has 2 N–H and O–H groups in total. The summed E-state index contributed by atoms with van der Waals surface area (Å²) in [4.78, 5) is 2.39. The van der Waals surface area contributed by atoms with Crippen molar-refractivity contribution in [1.29, 1.82) is 0 Å². The van der Waals surface area contributed by atoms with Crippen molar-refractivity contribution in [3.05, 3.63) is 30.6 Å². The number of H-pyrrole nitrogens is 1. The zero-order valence-corrected chi connectivity index (χ0v) is 10.9. The van der Waals surface area contributed by atoms with Crippen LogP contribution >= 0.6 is 0 Å². The molecule has 1 aliphatic heterocycles. The smallest absolute Gasteiger partial charge is 0.0670 e. The maximum Gasteiger partial charge on any atom is 0.0670 e. The highest BCUT2D eigenvalue weighted by atomic mass is 16.3. The Labute approximate surface area is 109 Å². The first-order chi connectivity index (χ1) is 8.81. The summed E-state index contributed by atoms with van der Waals surface area (Å²) in [5, 5.41) is 17.0. The fourth-order valence-electron chi connectivity index (χ4n) is 2.70. The number of nitrogens with one attached hydrogen (secondary N) is 1. The number of hydrogen-bond donors (Lipinski definition) is 2. The van der Waals surface area contributed by atoms with Crippen LogP contribution in [-0.4, -0.2) is 39.4 Å². The molecule has 4 nitrogen and oxygen atoms in total. The van der Waals surface area contributed by atoms with Crippen molar-refractivity contribution in [3.63, 3.8) is 0 Å². The zero-order valence-electron chi connectivity index (χ0n) is 10.9. The zero-order chi connectivity index (χ0) is 12.8. The Balaban J connectivity index is 1.93. The molecule has 1 aromatic rings. The summed E-state index contributed by atoms with van der Waals surface area (Å²) in [5.41, 5.74) is 1.24. The van der Waals surface area contributed by atoms with Crippen molar-refractivity contribution in [1.82, 2.24) is 15.1 Å². The van der Waals surface area contributed by atoms with Gasteiger partial charge in [0.05, 0.1) is 12.3 Å². The molecule has 4 heteroatoms. The van der Waals surface area contributed by atoms with E-state index in [0.29, 0.717) is 6.04 Å². The van der Waals surface area contributed by atoms with E-state index in [2.05, 4.69) is 21.7 Å². The molecule has 1 aliphatic rings. The highest BCUT2D eigenvalue weighted by Crippen LogP contribution is 2.30. The van der Waals surface area contributed by atoms with Crippen LogP contribution in [0.15, 0.2) is 25.0 Å². The topological polar surface area (TPSA) is 52.1 Å². The minimum atomic E-state index is -0.254. The lowest BCUT2D eigenvalue weighted by atomic mass is 9.97. The molecular weight excluding hydrogens is 226 g/mol. The van der Waals surface area contributed by atoms with Gasteiger partial charge in [-0.05, 0) is 32.2 Å². The Kier molecular flexibility index (Phi) is 4.96. The predicted molar refractivity (Wildman–Crippen MR) is 72.2 cm³/mol. The van der Waals surface area contributed by atoms with Crippen molar-refractivity contribution in [2.24, 2.45) is 0 Å². The first-order valence-corrected chi connectivity index (χ1v) is 6.83. The van der Waals surface area contributed by atoms with Gasteiger partial charge in [0.1, 0.15) is 0 Å². The van der Waals surface area contributed by atoms with Crippen LogP contribution in [0.1, 0.15) is 43.7 Å². The van der Waals surface area contributed by atoms with E-state index in [1.165, 1.54) is 18.4 Å². The maximum atomic E-state index is 10.0. The van der Waals surface area contributed by atoms with Gasteiger partial charge >= 0.3 is 0 Å². The van der Waals surface area contributed by atoms with E-state index in [1.54, 1.807) is 0 Å². The molecule has 0 aromatic carbocycles. The Morgan fingerprint density at radius 1 is 1.61 bits per heavy atom. The standard InChI is InChI=1S/C14H23N3O/c1-2-3-6-13(18)11-17-8-5-4-7-14(17)12-9-15-16-10-12/h2,9-10,13-14,18H,1,3-8,11H2,(H,15,16)/t13-,14-/m0/s1. The van der Waals surface area contributed by atoms with Gasteiger partial charge in [-0.25, -0.2) is 0 Å². The highest BCUT2D eigenvalue weighted by molar-refractivity contribution is 5.10. The van der Waals surface area contributed by atoms with Crippen LogP contribution in [-0.2, 0) is 0 Å². The summed E-state index contributed by atoms with van der Waals surface area (Å²) in [5.74, 6) is 0. The summed E-state index contributed by atoms with van der Waals surface area (Å²) < 4.78 is 0. The lowest BCUT2D eigenvalue weighted by Crippen LogP contribution is -2.38. The Bertz CT molecular complexity index is 350. The summed E-state index contributed by atoms with van der Waals surface area (Å²) in [6.07, 6.45) is 10.8. The molecule has 0 bridgehead atoms. The monoisotopic (exact) mass is 249 g/mol. The molecule has 2 heterocycles. The Morgan fingerprint density at radius 2 is 2.50 bits per heavy atom. The Hall–Kier alpha value is -1.13. The second-order valence-electron chi connectivity index (χ2n) is 5.06. The number of rotatable bonds is 6. The summed E-state index contributed by atoms with van der Waals surface area (Å²) in [6, 6.07) is 0.413. The van der Waals surface area contributed by atoms with Gasteiger partial charge < -0.3 is 5.11 Å². The molecule has 0 unspecified atom stereocenters. The number of allylic oxidation sites excluding steroid dienone is 1. The molecule has 0 amide bonds. The highest BCUT2D eigenvalue weighted by Gasteiger charge is 2.25. The van der Waals surface area contributed by atoms with Gasteiger partial charge in [-0.3, -0.25) is 10.00 Å². The van der Waals surface area contributed by atoms with E-state index in [0.717, 1.165) is 32.4 Å². The number of aromatic amines is 1. The quantitative estimate of drug-likeness (QED) is 0.760. The van der Waals surface area contributed by atoms with Gasteiger partial charge in [-0.2, -0.15) is 5.10 Å². The Morgan fingerprint density at radius 3 is 3.22 bits per heavy atom. The van der Waals surface area contributed by atoms with Crippen LogP contribution in [0.2, 0.25) is 0 Å². The van der Waals surface area contributed by atoms with Crippen molar-refractivity contribution >= 4 is 0 Å². The van der Waals surface area contributed by atoms with Gasteiger partial charge in [0.25, 0.3) is 0 Å². The number of β-amino-alcohol motifs (C(OH)–C–C–N with tert-alkyl or cyclic N) is 1. The largest absolute Gasteiger partial charge is 0.392 e. The van der Waals surface area contributed by atoms with Gasteiger partial charge in [0.2, 0.25) is 0 Å². The summed E-state index contributed by atoms with van der Waals surface area (Å²) in [7, 11) is 0. The van der Waals surface area contributed by atoms with E-state index in [-0.39, 0.29) is 6.10 Å². The number of likely N-dealkylation sites (tertiary alicyclic amines) is 1. The molecule has 0 aliphatic carbocycles. The third-order valence-corrected chi connectivity index (χ3v) is 3.67. The van der Waals surface area contributed by atoms with Crippen molar-refractivity contribution in [3.8, 4) is 0 Å². The van der Waals surface area contributed by atoms with E-state index in [4.69, 9.17) is 0 Å². The van der Waals surface area contributed by atoms with Crippen LogP contribution < -0.4 is 0 Å². The van der Waals surface area contributed by atoms with E-state index in [9.17, 15) is 5.11 Å². The SMILES string of the molecule is C=CCC[C@H](O)CN1CCCC[C@H]1c1cn[nH]c1. The van der Waals surface area contributed by atoms with Gasteiger partial charge in [0, 0.05) is 24.3 Å². The molecule has 0 spiro atoms. The molecule has 1 aromatic heterocycles. The first kappa shape index (κ1) is 13.3. The van der Waals surface area contributed by atoms with Crippen LogP contribution in [0.4, 0.5) is 0 Å². The van der Waals surface area contributed by atoms with Crippen LogP contribution in [0.3, 0.4) is 0 Å². The number of piperidine rings is 1. The molecule has 0 radical (unpaired) electrons. The number of nitrogens with zero attached hydrogens (tertiary/aromatic N) is 2. The fourth-order valence-corrected chi connectivity index (χ4v) is 2.70. The van der Waals surface area contributed by atoms with Crippen molar-refractivity contribution < 1.29 is 5.11 Å². The van der Waals surface area contributed by atoms with Gasteiger partial charge in [-0.15, -0.1) is 6.58 Å². The minimum Gasteiger partial charge on any atom is -0.392 e. The van der Waals surface area contributed by atoms with E-state index < -0.39 is 0 Å². The lowest BCUT2D eigenvalue weighted by molar-refractivity contribution is 0.0631. The van der Waals surface area contributed by atoms with E-state index in [1.807, 2.05) is 18.5 Å². The summed E-state index contributed by atoms with van der Waals surface area (Å²) >= 11 is 0. The molecule has 100 valence electrons. The van der Waals surface area contributed by atoms with Crippen LogP contribution in [0, 0.1) is 0 Å². The second kappa shape index (κ2) is 6.71. The first-order valence-electron chi connectivity index (χ1n) is 6.83. The number of hydrogen-bond acceptors (Lipinski definition) is 3. The fraction of sp³-hybridized carbons (Fsp3) is 0.643. The minimum absolute atomic E-state index is 0.254. The predicted octanol–water partition coefficient (Wildman–Crippen LogP) is 2.26. The molecule has 1 fully saturated rings. The number of aliphatic hydroxyl groups excluding tert-OH is 1. The van der Waals surface area contributed by atoms with Crippen molar-refractivity contribution in [2.45, 2.75) is 44.2 Å². The lowest BCUT2D eigenvalue weighted by Gasteiger charge is -2.36. The summed E-state index contributed by atoms with van der Waals surface area (Å²) in [6.45, 7) is 5.52. The second-order valence-corrected chi connectivity index (χ2v) is 5.06. The third-order valence-electron chi connectivity index (χ3n) is 3.67. The molecule has 1 saturated heterocycles. The number of aliphatic hydroxyl groups is 1. The van der Waals surface area contributed by atoms with Crippen LogP contribution in [0.25, 0.3) is 0 Å². The molecular formula is C14H23N3O. The molecule has 2 atom stereocenters. The molecule has 18 heavy (non-hydrogen) atoms.